The maximum Gasteiger partial charge on any atom is 0.289 e. The van der Waals surface area contributed by atoms with Gasteiger partial charge in [0.05, 0.1) is 5.92 Å². The molecule has 1 aliphatic heterocycles. The van der Waals surface area contributed by atoms with Gasteiger partial charge in [-0.15, -0.1) is 0 Å². The zero-order valence-electron chi connectivity index (χ0n) is 18.8. The van der Waals surface area contributed by atoms with Gasteiger partial charge in [0.25, 0.3) is 5.91 Å². The minimum absolute atomic E-state index is 0.120. The zero-order chi connectivity index (χ0) is 22.5. The minimum Gasteiger partial charge on any atom is -0.341 e. The molecule has 1 atom stereocenters. The van der Waals surface area contributed by atoms with Gasteiger partial charge in [0, 0.05) is 45.6 Å². The van der Waals surface area contributed by atoms with Crippen LogP contribution in [0.2, 0.25) is 0 Å². The number of imidazole rings is 1. The highest BCUT2D eigenvalue weighted by atomic mass is 16.2. The van der Waals surface area contributed by atoms with Crippen LogP contribution < -0.4 is 0 Å². The first-order valence-electron chi connectivity index (χ1n) is 11.3. The Hall–Kier alpha value is -3.41. The summed E-state index contributed by atoms with van der Waals surface area (Å²) in [6.45, 7) is 4.26. The summed E-state index contributed by atoms with van der Waals surface area (Å²) >= 11 is 0. The smallest absolute Gasteiger partial charge is 0.289 e. The molecule has 6 heteroatoms. The second-order valence-corrected chi connectivity index (χ2v) is 8.36. The molecule has 32 heavy (non-hydrogen) atoms. The van der Waals surface area contributed by atoms with Crippen LogP contribution in [0.3, 0.4) is 0 Å². The Morgan fingerprint density at radius 2 is 1.81 bits per heavy atom. The van der Waals surface area contributed by atoms with Crippen LogP contribution in [0.4, 0.5) is 0 Å². The van der Waals surface area contributed by atoms with E-state index in [9.17, 15) is 9.59 Å². The minimum atomic E-state index is -0.293. The molecule has 0 unspecified atom stereocenters. The van der Waals surface area contributed by atoms with E-state index in [4.69, 9.17) is 0 Å². The molecule has 6 nitrogen and oxygen atoms in total. The van der Waals surface area contributed by atoms with E-state index in [-0.39, 0.29) is 17.7 Å². The summed E-state index contributed by atoms with van der Waals surface area (Å²) in [6, 6.07) is 18.5. The highest BCUT2D eigenvalue weighted by molar-refractivity contribution is 5.91. The second-order valence-electron chi connectivity index (χ2n) is 8.36. The van der Waals surface area contributed by atoms with Gasteiger partial charge >= 0.3 is 0 Å². The topological polar surface area (TPSA) is 58.4 Å². The largest absolute Gasteiger partial charge is 0.341 e. The molecule has 1 saturated heterocycles. The molecule has 0 bridgehead atoms. The highest BCUT2D eigenvalue weighted by Gasteiger charge is 2.33. The maximum atomic E-state index is 13.5. The third kappa shape index (κ3) is 4.59. The molecular formula is C26H30N4O2. The molecule has 166 valence electrons. The van der Waals surface area contributed by atoms with Crippen molar-refractivity contribution in [2.24, 2.45) is 13.0 Å². The third-order valence-corrected chi connectivity index (χ3v) is 6.10. The Balaban J connectivity index is 1.64. The lowest BCUT2D eigenvalue weighted by Gasteiger charge is -2.24. The van der Waals surface area contributed by atoms with Crippen molar-refractivity contribution in [3.8, 4) is 11.1 Å². The average Bonchev–Trinajstić information content (AvgIpc) is 3.19. The molecule has 4 rings (SSSR count). The summed E-state index contributed by atoms with van der Waals surface area (Å²) in [5, 5.41) is 0. The molecule has 1 aromatic heterocycles. The Morgan fingerprint density at radius 1 is 1.06 bits per heavy atom. The van der Waals surface area contributed by atoms with Crippen molar-refractivity contribution in [1.29, 1.82) is 0 Å². The molecule has 1 aliphatic rings. The Bertz CT molecular complexity index is 1080. The lowest BCUT2D eigenvalue weighted by molar-refractivity contribution is -0.134. The molecule has 0 radical (unpaired) electrons. The normalized spacial score (nSPS) is 16.8. The first-order chi connectivity index (χ1) is 15.6. The zero-order valence-corrected chi connectivity index (χ0v) is 18.8. The predicted octanol–water partition coefficient (Wildman–Crippen LogP) is 3.64. The van der Waals surface area contributed by atoms with Crippen LogP contribution in [0.1, 0.15) is 29.5 Å². The van der Waals surface area contributed by atoms with Crippen LogP contribution >= 0.6 is 0 Å². The van der Waals surface area contributed by atoms with E-state index in [0.717, 1.165) is 23.1 Å². The summed E-state index contributed by atoms with van der Waals surface area (Å²) in [6.07, 6.45) is 4.89. The fraction of sp³-hybridized carbons (Fsp3) is 0.346. The van der Waals surface area contributed by atoms with Crippen molar-refractivity contribution in [2.75, 3.05) is 26.2 Å². The number of aryl methyl sites for hydroxylation is 1. The molecule has 0 saturated carbocycles. The van der Waals surface area contributed by atoms with Gasteiger partial charge in [0.2, 0.25) is 5.91 Å². The van der Waals surface area contributed by atoms with Crippen LogP contribution in [-0.2, 0) is 18.3 Å². The van der Waals surface area contributed by atoms with Crippen LogP contribution in [0.5, 0.6) is 0 Å². The summed E-state index contributed by atoms with van der Waals surface area (Å²) < 4.78 is 1.73. The Kier molecular flexibility index (Phi) is 6.69. The average molecular weight is 431 g/mol. The van der Waals surface area contributed by atoms with Gasteiger partial charge in [0.1, 0.15) is 0 Å². The Morgan fingerprint density at radius 3 is 2.53 bits per heavy atom. The van der Waals surface area contributed by atoms with E-state index >= 15 is 0 Å². The van der Waals surface area contributed by atoms with Crippen LogP contribution in [0, 0.1) is 5.92 Å². The maximum absolute atomic E-state index is 13.5. The van der Waals surface area contributed by atoms with Gasteiger partial charge < -0.3 is 14.4 Å². The second kappa shape index (κ2) is 9.81. The van der Waals surface area contributed by atoms with Gasteiger partial charge in [-0.05, 0) is 29.5 Å². The first-order valence-corrected chi connectivity index (χ1v) is 11.3. The summed E-state index contributed by atoms with van der Waals surface area (Å²) in [5.41, 5.74) is 3.39. The monoisotopic (exact) mass is 430 g/mol. The molecule has 0 aliphatic carbocycles. The van der Waals surface area contributed by atoms with Crippen LogP contribution in [-0.4, -0.2) is 57.3 Å². The van der Waals surface area contributed by atoms with Crippen molar-refractivity contribution in [1.82, 2.24) is 19.4 Å². The lowest BCUT2D eigenvalue weighted by atomic mass is 9.91. The van der Waals surface area contributed by atoms with Gasteiger partial charge in [-0.2, -0.15) is 0 Å². The summed E-state index contributed by atoms with van der Waals surface area (Å²) in [4.78, 5) is 34.6. The van der Waals surface area contributed by atoms with Crippen molar-refractivity contribution in [3.63, 3.8) is 0 Å². The number of hydrogen-bond donors (Lipinski definition) is 0. The van der Waals surface area contributed by atoms with Crippen molar-refractivity contribution in [3.05, 3.63) is 78.4 Å². The highest BCUT2D eigenvalue weighted by Crippen LogP contribution is 2.27. The molecular weight excluding hydrogens is 400 g/mol. The summed E-state index contributed by atoms with van der Waals surface area (Å²) in [5.74, 6) is 0.123. The van der Waals surface area contributed by atoms with E-state index < -0.39 is 0 Å². The Labute approximate surface area is 189 Å². The van der Waals surface area contributed by atoms with Crippen molar-refractivity contribution < 1.29 is 9.59 Å². The SMILES string of the molecule is CCCN1CCN(C(=O)c2nccn2C)C[C@H](Cc2ccccc2-c2ccccc2)C1=O. The van der Waals surface area contributed by atoms with Crippen molar-refractivity contribution in [2.45, 2.75) is 19.8 Å². The summed E-state index contributed by atoms with van der Waals surface area (Å²) in [7, 11) is 1.82. The van der Waals surface area contributed by atoms with E-state index in [1.165, 1.54) is 0 Å². The van der Waals surface area contributed by atoms with E-state index in [1.807, 2.05) is 42.3 Å². The number of benzene rings is 2. The molecule has 1 fully saturated rings. The number of hydrogen-bond acceptors (Lipinski definition) is 3. The van der Waals surface area contributed by atoms with Gasteiger partial charge in [-0.25, -0.2) is 4.98 Å². The van der Waals surface area contributed by atoms with Crippen LogP contribution in [0.15, 0.2) is 67.0 Å². The predicted molar refractivity (Wildman–Crippen MR) is 125 cm³/mol. The number of amides is 2. The van der Waals surface area contributed by atoms with Crippen LogP contribution in [0.25, 0.3) is 11.1 Å². The molecule has 3 aromatic rings. The molecule has 2 aromatic carbocycles. The number of aromatic nitrogens is 2. The van der Waals surface area contributed by atoms with E-state index in [1.54, 1.807) is 21.9 Å². The number of carbonyl (C=O) groups excluding carboxylic acids is 2. The molecule has 0 spiro atoms. The fourth-order valence-electron chi connectivity index (χ4n) is 4.45. The fourth-order valence-corrected chi connectivity index (χ4v) is 4.45. The molecule has 2 heterocycles. The molecule has 0 N–H and O–H groups in total. The van der Waals surface area contributed by atoms with Crippen molar-refractivity contribution >= 4 is 11.8 Å². The third-order valence-electron chi connectivity index (χ3n) is 6.10. The molecule has 2 amide bonds. The quantitative estimate of drug-likeness (QED) is 0.600. The van der Waals surface area contributed by atoms with E-state index in [2.05, 4.69) is 36.2 Å². The first kappa shape index (κ1) is 21.8. The number of rotatable bonds is 6. The van der Waals surface area contributed by atoms with Gasteiger partial charge in [-0.3, -0.25) is 9.59 Å². The van der Waals surface area contributed by atoms with Gasteiger partial charge in [0.15, 0.2) is 5.82 Å². The number of nitrogens with zero attached hydrogens (tertiary/aromatic N) is 4. The number of carbonyl (C=O) groups is 2. The van der Waals surface area contributed by atoms with E-state index in [0.29, 0.717) is 38.4 Å². The lowest BCUT2D eigenvalue weighted by Crippen LogP contribution is -2.38. The standard InChI is InChI=1S/C26H30N4O2/c1-3-14-29-16-17-30(26(32)24-27-13-15-28(24)2)19-22(25(29)31)18-21-11-7-8-12-23(21)20-9-5-4-6-10-20/h4-13,15,22H,3,14,16-19H2,1-2H3/t22-/m0/s1. The van der Waals surface area contributed by atoms with Gasteiger partial charge in [-0.1, -0.05) is 61.5 Å².